The van der Waals surface area contributed by atoms with E-state index in [2.05, 4.69) is 0 Å². The van der Waals surface area contributed by atoms with Gasteiger partial charge in [-0.15, -0.1) is 0 Å². The highest BCUT2D eigenvalue weighted by Gasteiger charge is 2.26. The Balaban J connectivity index is 2.92. The fourth-order valence-electron chi connectivity index (χ4n) is 1.44. The van der Waals surface area contributed by atoms with Crippen LogP contribution in [0.2, 0.25) is 0 Å². The topological polar surface area (TPSA) is 26.3 Å². The molecule has 0 aliphatic rings. The van der Waals surface area contributed by atoms with Gasteiger partial charge >= 0.3 is 0 Å². The summed E-state index contributed by atoms with van der Waals surface area (Å²) in [4.78, 5) is 0. The summed E-state index contributed by atoms with van der Waals surface area (Å²) in [5.41, 5.74) is 0.559. The Hall–Kier alpha value is -0.590. The fourth-order valence-corrected chi connectivity index (χ4v) is 2.65. The highest BCUT2D eigenvalue weighted by Crippen LogP contribution is 2.45. The van der Waals surface area contributed by atoms with E-state index < -0.39 is 13.0 Å². The largest absolute Gasteiger partial charge is 0.318 e. The van der Waals surface area contributed by atoms with Gasteiger partial charge in [-0.2, -0.15) is 0 Å². The molecule has 1 aromatic carbocycles. The Labute approximate surface area is 85.7 Å². The summed E-state index contributed by atoms with van der Waals surface area (Å²) in [5.74, 6) is 0. The lowest BCUT2D eigenvalue weighted by Crippen LogP contribution is -2.19. The van der Waals surface area contributed by atoms with Gasteiger partial charge in [0.1, 0.15) is 0 Å². The van der Waals surface area contributed by atoms with Crippen LogP contribution in [0.25, 0.3) is 0 Å². The van der Waals surface area contributed by atoms with Gasteiger partial charge in [-0.3, -0.25) is 4.57 Å². The number of hydrogen-bond donors (Lipinski definition) is 0. The van der Waals surface area contributed by atoms with Crippen molar-refractivity contribution >= 4 is 7.37 Å². The molecule has 2 nitrogen and oxygen atoms in total. The molecule has 0 spiro atoms. The molecule has 0 aromatic heterocycles. The van der Waals surface area contributed by atoms with Crippen LogP contribution in [0.1, 0.15) is 19.4 Å². The third-order valence-electron chi connectivity index (χ3n) is 1.92. The normalized spacial score (nSPS) is 12.9. The molecule has 0 aliphatic carbocycles. The molecular formula is C11H17O2P. The smallest absolute Gasteiger partial charge is 0.198 e. The zero-order chi connectivity index (χ0) is 10.8. The molecule has 0 radical (unpaired) electrons. The molecule has 0 saturated carbocycles. The van der Waals surface area contributed by atoms with Crippen LogP contribution < -0.4 is 0 Å². The second-order valence-corrected chi connectivity index (χ2v) is 6.91. The Morgan fingerprint density at radius 3 is 2.07 bits per heavy atom. The van der Waals surface area contributed by atoms with Gasteiger partial charge < -0.3 is 4.52 Å². The van der Waals surface area contributed by atoms with Crippen molar-refractivity contribution in [3.05, 3.63) is 35.9 Å². The van der Waals surface area contributed by atoms with Crippen molar-refractivity contribution in [2.24, 2.45) is 0 Å². The van der Waals surface area contributed by atoms with Crippen molar-refractivity contribution < 1.29 is 9.09 Å². The van der Waals surface area contributed by atoms with Gasteiger partial charge in [-0.05, 0) is 19.4 Å². The predicted molar refractivity (Wildman–Crippen MR) is 60.0 cm³/mol. The molecule has 0 fully saturated rings. The van der Waals surface area contributed by atoms with E-state index in [-0.39, 0.29) is 0 Å². The minimum atomic E-state index is -2.45. The van der Waals surface area contributed by atoms with Crippen molar-refractivity contribution in [2.75, 3.05) is 13.3 Å². The minimum absolute atomic E-state index is 0.486. The summed E-state index contributed by atoms with van der Waals surface area (Å²) in [6.45, 7) is 7.14. The van der Waals surface area contributed by atoms with Crippen LogP contribution in [0.15, 0.2) is 30.3 Å². The van der Waals surface area contributed by atoms with E-state index in [4.69, 9.17) is 4.52 Å². The Morgan fingerprint density at radius 2 is 1.64 bits per heavy atom. The van der Waals surface area contributed by atoms with Crippen LogP contribution >= 0.6 is 7.37 Å². The monoisotopic (exact) mass is 212 g/mol. The van der Waals surface area contributed by atoms with Crippen molar-refractivity contribution in [3.63, 3.8) is 0 Å². The maximum atomic E-state index is 11.6. The average Bonchev–Trinajstić information content (AvgIpc) is 2.01. The summed E-state index contributed by atoms with van der Waals surface area (Å²) in [6.07, 6.45) is 0. The SMILES string of the molecule is CC(C)(OP(C)(C)=O)c1ccccc1. The van der Waals surface area contributed by atoms with Gasteiger partial charge in [0.05, 0.1) is 5.60 Å². The van der Waals surface area contributed by atoms with E-state index in [0.29, 0.717) is 0 Å². The summed E-state index contributed by atoms with van der Waals surface area (Å²) < 4.78 is 17.1. The standard InChI is InChI=1S/C11H17O2P/c1-11(2,13-14(3,4)12)10-8-6-5-7-9-10/h5-9H,1-4H3. The van der Waals surface area contributed by atoms with Crippen LogP contribution in [-0.4, -0.2) is 13.3 Å². The van der Waals surface area contributed by atoms with Gasteiger partial charge in [0.2, 0.25) is 0 Å². The molecule has 0 amide bonds. The van der Waals surface area contributed by atoms with Crippen LogP contribution in [0.3, 0.4) is 0 Å². The summed E-state index contributed by atoms with van der Waals surface area (Å²) in [5, 5.41) is 0. The molecule has 0 unspecified atom stereocenters. The second kappa shape index (κ2) is 3.88. The molecule has 0 aliphatic heterocycles. The number of rotatable bonds is 3. The summed E-state index contributed by atoms with van der Waals surface area (Å²) in [6, 6.07) is 9.83. The first-order valence-corrected chi connectivity index (χ1v) is 7.14. The first kappa shape index (κ1) is 11.5. The van der Waals surface area contributed by atoms with Crippen LogP contribution in [0, 0.1) is 0 Å². The second-order valence-electron chi connectivity index (χ2n) is 4.22. The molecule has 3 heteroatoms. The zero-order valence-electron chi connectivity index (χ0n) is 9.15. The van der Waals surface area contributed by atoms with Crippen molar-refractivity contribution in [1.82, 2.24) is 0 Å². The lowest BCUT2D eigenvalue weighted by Gasteiger charge is -2.27. The Kier molecular flexibility index (Phi) is 3.18. The van der Waals surface area contributed by atoms with E-state index in [9.17, 15) is 4.57 Å². The minimum Gasteiger partial charge on any atom is -0.318 e. The van der Waals surface area contributed by atoms with Crippen LogP contribution in [0.5, 0.6) is 0 Å². The molecule has 0 N–H and O–H groups in total. The Bertz CT molecular complexity index is 338. The fraction of sp³-hybridized carbons (Fsp3) is 0.455. The van der Waals surface area contributed by atoms with Crippen LogP contribution in [0.4, 0.5) is 0 Å². The number of benzene rings is 1. The van der Waals surface area contributed by atoms with Crippen molar-refractivity contribution in [1.29, 1.82) is 0 Å². The van der Waals surface area contributed by atoms with Gasteiger partial charge in [0.15, 0.2) is 7.37 Å². The van der Waals surface area contributed by atoms with Gasteiger partial charge in [0.25, 0.3) is 0 Å². The molecule has 1 aromatic rings. The summed E-state index contributed by atoms with van der Waals surface area (Å²) in [7, 11) is -2.45. The molecule has 0 saturated heterocycles. The third kappa shape index (κ3) is 3.28. The first-order valence-electron chi connectivity index (χ1n) is 4.62. The first-order chi connectivity index (χ1) is 6.31. The van der Waals surface area contributed by atoms with Gasteiger partial charge in [0, 0.05) is 13.3 Å². The predicted octanol–water partition coefficient (Wildman–Crippen LogP) is 3.48. The molecule has 1 rings (SSSR count). The van der Waals surface area contributed by atoms with E-state index in [1.807, 2.05) is 44.2 Å². The van der Waals surface area contributed by atoms with Gasteiger partial charge in [-0.25, -0.2) is 0 Å². The molecule has 0 heterocycles. The quantitative estimate of drug-likeness (QED) is 0.717. The van der Waals surface area contributed by atoms with E-state index >= 15 is 0 Å². The maximum Gasteiger partial charge on any atom is 0.198 e. The summed E-state index contributed by atoms with van der Waals surface area (Å²) >= 11 is 0. The lowest BCUT2D eigenvalue weighted by atomic mass is 9.99. The molecular weight excluding hydrogens is 195 g/mol. The lowest BCUT2D eigenvalue weighted by molar-refractivity contribution is 0.116. The maximum absolute atomic E-state index is 11.6. The van der Waals surface area contributed by atoms with E-state index in [0.717, 1.165) is 5.56 Å². The van der Waals surface area contributed by atoms with Crippen molar-refractivity contribution in [2.45, 2.75) is 19.4 Å². The third-order valence-corrected chi connectivity index (χ3v) is 2.81. The zero-order valence-corrected chi connectivity index (χ0v) is 10.0. The van der Waals surface area contributed by atoms with E-state index in [1.54, 1.807) is 13.3 Å². The number of hydrogen-bond acceptors (Lipinski definition) is 2. The Morgan fingerprint density at radius 1 is 1.14 bits per heavy atom. The molecule has 0 bridgehead atoms. The molecule has 14 heavy (non-hydrogen) atoms. The van der Waals surface area contributed by atoms with Gasteiger partial charge in [-0.1, -0.05) is 30.3 Å². The highest BCUT2D eigenvalue weighted by atomic mass is 31.2. The highest BCUT2D eigenvalue weighted by molar-refractivity contribution is 7.57. The van der Waals surface area contributed by atoms with Crippen LogP contribution in [-0.2, 0) is 14.7 Å². The van der Waals surface area contributed by atoms with E-state index in [1.165, 1.54) is 0 Å². The molecule has 0 atom stereocenters. The average molecular weight is 212 g/mol. The molecule has 78 valence electrons. The van der Waals surface area contributed by atoms with Crippen molar-refractivity contribution in [3.8, 4) is 0 Å².